The fourth-order valence-electron chi connectivity index (χ4n) is 1.57. The van der Waals surface area contributed by atoms with Crippen LogP contribution in [0.25, 0.3) is 0 Å². The molecule has 0 bridgehead atoms. The van der Waals surface area contributed by atoms with Crippen molar-refractivity contribution in [2.45, 2.75) is 20.3 Å². The molecule has 1 aromatic carbocycles. The van der Waals surface area contributed by atoms with Crippen LogP contribution in [0.4, 0.5) is 0 Å². The maximum Gasteiger partial charge on any atom is 0.314 e. The molecule has 0 fully saturated rings. The van der Waals surface area contributed by atoms with Crippen molar-refractivity contribution in [3.63, 3.8) is 0 Å². The van der Waals surface area contributed by atoms with E-state index in [4.69, 9.17) is 14.6 Å². The molecule has 0 amide bonds. The maximum atomic E-state index is 11.5. The zero-order valence-electron chi connectivity index (χ0n) is 11.1. The molecule has 0 radical (unpaired) electrons. The Morgan fingerprint density at radius 3 is 2.61 bits per heavy atom. The Morgan fingerprint density at radius 2 is 2.00 bits per heavy atom. The molecule has 1 N–H and O–H groups in total. The summed E-state index contributed by atoms with van der Waals surface area (Å²) in [5, 5.41) is 8.97. The summed E-state index contributed by atoms with van der Waals surface area (Å²) in [7, 11) is 1.36. The first-order valence-electron chi connectivity index (χ1n) is 5.91. The Morgan fingerprint density at radius 1 is 1.33 bits per heavy atom. The van der Waals surface area contributed by atoms with E-state index in [9.17, 15) is 4.79 Å². The number of aliphatic hydroxyl groups is 1. The summed E-state index contributed by atoms with van der Waals surface area (Å²) in [5.74, 6) is 0.394. The number of ether oxygens (including phenoxy) is 2. The van der Waals surface area contributed by atoms with Gasteiger partial charge in [0.15, 0.2) is 0 Å². The number of para-hydroxylation sites is 1. The number of rotatable bonds is 6. The van der Waals surface area contributed by atoms with Crippen molar-refractivity contribution in [3.05, 3.63) is 29.8 Å². The molecule has 100 valence electrons. The molecule has 18 heavy (non-hydrogen) atoms. The second-order valence-electron chi connectivity index (χ2n) is 4.75. The fourth-order valence-corrected chi connectivity index (χ4v) is 1.57. The van der Waals surface area contributed by atoms with E-state index in [1.54, 1.807) is 13.8 Å². The molecule has 4 nitrogen and oxygen atoms in total. The van der Waals surface area contributed by atoms with E-state index in [0.29, 0.717) is 12.2 Å². The average molecular weight is 252 g/mol. The van der Waals surface area contributed by atoms with Gasteiger partial charge < -0.3 is 14.6 Å². The summed E-state index contributed by atoms with van der Waals surface area (Å²) in [6.07, 6.45) is 0.537. The Balaban J connectivity index is 2.71. The third-order valence-corrected chi connectivity index (χ3v) is 2.68. The summed E-state index contributed by atoms with van der Waals surface area (Å²) in [6.45, 7) is 3.85. The maximum absolute atomic E-state index is 11.5. The Labute approximate surface area is 108 Å². The molecule has 0 saturated carbocycles. The first-order chi connectivity index (χ1) is 8.51. The van der Waals surface area contributed by atoms with Crippen molar-refractivity contribution >= 4 is 5.97 Å². The van der Waals surface area contributed by atoms with E-state index in [1.807, 2.05) is 24.3 Å². The molecule has 0 saturated heterocycles. The second-order valence-corrected chi connectivity index (χ2v) is 4.75. The lowest BCUT2D eigenvalue weighted by molar-refractivity contribution is -0.152. The minimum Gasteiger partial charge on any atom is -0.492 e. The number of methoxy groups -OCH3 is 1. The van der Waals surface area contributed by atoms with Gasteiger partial charge in [-0.25, -0.2) is 0 Å². The highest BCUT2D eigenvalue weighted by molar-refractivity contribution is 5.75. The number of esters is 1. The van der Waals surface area contributed by atoms with Crippen LogP contribution in [-0.4, -0.2) is 31.4 Å². The van der Waals surface area contributed by atoms with Gasteiger partial charge in [-0.05, 0) is 31.9 Å². The van der Waals surface area contributed by atoms with Gasteiger partial charge in [0, 0.05) is 6.61 Å². The van der Waals surface area contributed by atoms with E-state index in [-0.39, 0.29) is 19.2 Å². The minimum absolute atomic E-state index is 0.0702. The Hall–Kier alpha value is -1.55. The summed E-state index contributed by atoms with van der Waals surface area (Å²) >= 11 is 0. The average Bonchev–Trinajstić information content (AvgIpc) is 2.37. The van der Waals surface area contributed by atoms with Crippen molar-refractivity contribution in [2.75, 3.05) is 20.3 Å². The van der Waals surface area contributed by atoms with E-state index in [2.05, 4.69) is 0 Å². The van der Waals surface area contributed by atoms with Crippen LogP contribution in [0.3, 0.4) is 0 Å². The van der Waals surface area contributed by atoms with Crippen molar-refractivity contribution in [2.24, 2.45) is 5.41 Å². The molecule has 1 aromatic rings. The van der Waals surface area contributed by atoms with Gasteiger partial charge in [-0.1, -0.05) is 18.2 Å². The second kappa shape index (κ2) is 6.40. The van der Waals surface area contributed by atoms with Crippen LogP contribution in [0.5, 0.6) is 5.75 Å². The summed E-state index contributed by atoms with van der Waals surface area (Å²) in [4.78, 5) is 11.5. The van der Waals surface area contributed by atoms with Gasteiger partial charge in [0.2, 0.25) is 0 Å². The zero-order chi connectivity index (χ0) is 13.6. The largest absolute Gasteiger partial charge is 0.492 e. The summed E-state index contributed by atoms with van der Waals surface area (Å²) in [5.41, 5.74) is 0.238. The molecule has 0 aliphatic heterocycles. The van der Waals surface area contributed by atoms with Crippen LogP contribution in [-0.2, 0) is 16.0 Å². The molecule has 0 aromatic heterocycles. The van der Waals surface area contributed by atoms with E-state index in [0.717, 1.165) is 5.56 Å². The zero-order valence-corrected chi connectivity index (χ0v) is 11.1. The number of benzene rings is 1. The highest BCUT2D eigenvalue weighted by Crippen LogP contribution is 2.23. The van der Waals surface area contributed by atoms with Gasteiger partial charge in [-0.15, -0.1) is 0 Å². The first kappa shape index (κ1) is 14.5. The van der Waals surface area contributed by atoms with Gasteiger partial charge in [0.1, 0.15) is 12.4 Å². The minimum atomic E-state index is -0.693. The van der Waals surface area contributed by atoms with Crippen LogP contribution in [0.15, 0.2) is 24.3 Å². The van der Waals surface area contributed by atoms with Gasteiger partial charge in [0.25, 0.3) is 0 Å². The Bertz CT molecular complexity index is 399. The molecule has 0 atom stereocenters. The highest BCUT2D eigenvalue weighted by atomic mass is 16.5. The topological polar surface area (TPSA) is 55.8 Å². The van der Waals surface area contributed by atoms with Gasteiger partial charge >= 0.3 is 5.97 Å². The van der Waals surface area contributed by atoms with Crippen LogP contribution in [0.1, 0.15) is 19.4 Å². The number of hydrogen-bond donors (Lipinski definition) is 1. The highest BCUT2D eigenvalue weighted by Gasteiger charge is 2.29. The lowest BCUT2D eigenvalue weighted by Crippen LogP contribution is -2.32. The number of carbonyl (C=O) groups is 1. The monoisotopic (exact) mass is 252 g/mol. The molecule has 0 heterocycles. The van der Waals surface area contributed by atoms with Gasteiger partial charge in [-0.2, -0.15) is 0 Å². The van der Waals surface area contributed by atoms with Crippen molar-refractivity contribution in [1.82, 2.24) is 0 Å². The van der Waals surface area contributed by atoms with Crippen LogP contribution in [0, 0.1) is 5.41 Å². The molecule has 4 heteroatoms. The predicted molar refractivity (Wildman–Crippen MR) is 68.5 cm³/mol. The number of hydrogen-bond acceptors (Lipinski definition) is 4. The van der Waals surface area contributed by atoms with Crippen molar-refractivity contribution in [1.29, 1.82) is 0 Å². The third-order valence-electron chi connectivity index (χ3n) is 2.68. The lowest BCUT2D eigenvalue weighted by Gasteiger charge is -2.22. The first-order valence-corrected chi connectivity index (χ1v) is 5.91. The number of carbonyl (C=O) groups excluding carboxylic acids is 1. The molecular formula is C14H20O4. The van der Waals surface area contributed by atoms with Crippen molar-refractivity contribution < 1.29 is 19.4 Å². The fraction of sp³-hybridized carbons (Fsp3) is 0.500. The van der Waals surface area contributed by atoms with Gasteiger partial charge in [0.05, 0.1) is 12.5 Å². The van der Waals surface area contributed by atoms with E-state index in [1.165, 1.54) is 7.11 Å². The lowest BCUT2D eigenvalue weighted by atomic mass is 9.95. The molecule has 0 aliphatic rings. The van der Waals surface area contributed by atoms with Crippen molar-refractivity contribution in [3.8, 4) is 5.75 Å². The van der Waals surface area contributed by atoms with Crippen LogP contribution >= 0.6 is 0 Å². The molecular weight excluding hydrogens is 232 g/mol. The van der Waals surface area contributed by atoms with E-state index >= 15 is 0 Å². The third kappa shape index (κ3) is 3.74. The summed E-state index contributed by atoms with van der Waals surface area (Å²) < 4.78 is 10.4. The van der Waals surface area contributed by atoms with Gasteiger partial charge in [-0.3, -0.25) is 4.79 Å². The van der Waals surface area contributed by atoms with Crippen LogP contribution < -0.4 is 4.74 Å². The summed E-state index contributed by atoms with van der Waals surface area (Å²) in [6, 6.07) is 7.49. The smallest absolute Gasteiger partial charge is 0.314 e. The normalized spacial score (nSPS) is 11.1. The van der Waals surface area contributed by atoms with Crippen LogP contribution in [0.2, 0.25) is 0 Å². The molecule has 0 aliphatic carbocycles. The standard InChI is InChI=1S/C14H20O4/c1-14(2,13(16)17-3)10-18-12-7-5-4-6-11(12)8-9-15/h4-7,15H,8-10H2,1-3H3. The predicted octanol–water partition coefficient (Wildman–Crippen LogP) is 1.80. The number of aliphatic hydroxyl groups excluding tert-OH is 1. The van der Waals surface area contributed by atoms with E-state index < -0.39 is 5.41 Å². The molecule has 1 rings (SSSR count). The SMILES string of the molecule is COC(=O)C(C)(C)COc1ccccc1CCO. The molecule has 0 spiro atoms. The molecule has 0 unspecified atom stereocenters. The quantitative estimate of drug-likeness (QED) is 0.784. The Kier molecular flexibility index (Phi) is 5.16.